The lowest BCUT2D eigenvalue weighted by molar-refractivity contribution is 0.660. The van der Waals surface area contributed by atoms with E-state index in [4.69, 9.17) is 0 Å². The summed E-state index contributed by atoms with van der Waals surface area (Å²) >= 11 is 0. The van der Waals surface area contributed by atoms with Crippen molar-refractivity contribution >= 4 is 22.5 Å². The van der Waals surface area contributed by atoms with Crippen LogP contribution < -0.4 is 4.90 Å². The second-order valence-corrected chi connectivity index (χ2v) is 15.8. The number of nitrogens with zero attached hydrogens (tertiary/aromatic N) is 1. The van der Waals surface area contributed by atoms with E-state index < -0.39 is 0 Å². The molecule has 0 fully saturated rings. The van der Waals surface area contributed by atoms with Crippen LogP contribution in [0.2, 0.25) is 0 Å². The van der Waals surface area contributed by atoms with Crippen LogP contribution in [0.1, 0.15) is 72.9 Å². The number of rotatable bonds is 4. The molecule has 1 unspecified atom stereocenters. The smallest absolute Gasteiger partial charge is 0.0719 e. The third-order valence-electron chi connectivity index (χ3n) is 12.9. The van der Waals surface area contributed by atoms with Crippen molar-refractivity contribution in [2.75, 3.05) is 4.90 Å². The highest BCUT2D eigenvalue weighted by atomic mass is 15.2. The number of hydrogen-bond acceptors (Lipinski definition) is 1. The summed E-state index contributed by atoms with van der Waals surface area (Å²) in [5.41, 5.74) is 23.1. The lowest BCUT2D eigenvalue weighted by Crippen LogP contribution is -2.29. The van der Waals surface area contributed by atoms with Gasteiger partial charge in [-0.3, -0.25) is 0 Å². The summed E-state index contributed by atoms with van der Waals surface area (Å²) in [5.74, 6) is 0. The molecule has 0 radical (unpaired) electrons. The molecule has 6 aromatic rings. The van der Waals surface area contributed by atoms with Gasteiger partial charge in [0.15, 0.2) is 0 Å². The standard InChI is InChI=1S/C52H41N/c1-51(2)44-23-11-6-19-38(44)42-30-28-35(32-48(42)51)53(50-27-15-10-18-37(50)34-16-4-3-5-17-34)36-29-31-43-41-22-9-14-26-47(41)52(49(43)33-36)45-24-12-7-20-39(45)40-21-8-13-25-46(40)52/h3-7,9-20,22-28,30,32-33H,8,21,29,31H2,1-2H3. The maximum atomic E-state index is 2.61. The summed E-state index contributed by atoms with van der Waals surface area (Å²) in [4.78, 5) is 2.61. The molecule has 5 aliphatic carbocycles. The first kappa shape index (κ1) is 30.7. The van der Waals surface area contributed by atoms with E-state index >= 15 is 0 Å². The molecule has 0 amide bonds. The van der Waals surface area contributed by atoms with E-state index in [0.717, 1.165) is 25.7 Å². The van der Waals surface area contributed by atoms with Crippen LogP contribution in [0.4, 0.5) is 11.4 Å². The number of para-hydroxylation sites is 1. The second kappa shape index (κ2) is 11.3. The SMILES string of the molecule is CC1(C)c2ccccc2-c2ccc(N(C3=CC4=C(CC3)c3ccccc3C43C4=C(CCC=C4)c4ccccc43)c3ccccc3-c3ccccc3)cc21. The van der Waals surface area contributed by atoms with Crippen LogP contribution in [-0.4, -0.2) is 0 Å². The number of allylic oxidation sites excluding steroid dienone is 8. The molecule has 53 heavy (non-hydrogen) atoms. The molecular formula is C52H41N. The summed E-state index contributed by atoms with van der Waals surface area (Å²) in [7, 11) is 0. The van der Waals surface area contributed by atoms with E-state index in [9.17, 15) is 0 Å². The van der Waals surface area contributed by atoms with E-state index in [0.29, 0.717) is 0 Å². The van der Waals surface area contributed by atoms with Gasteiger partial charge < -0.3 is 4.90 Å². The number of fused-ring (bicyclic) bond motifs is 11. The van der Waals surface area contributed by atoms with Crippen molar-refractivity contribution in [2.24, 2.45) is 0 Å². The van der Waals surface area contributed by atoms with Crippen molar-refractivity contribution in [1.29, 1.82) is 0 Å². The largest absolute Gasteiger partial charge is 0.314 e. The molecule has 1 nitrogen and oxygen atoms in total. The van der Waals surface area contributed by atoms with Gasteiger partial charge in [-0.15, -0.1) is 0 Å². The molecule has 1 atom stereocenters. The first-order chi connectivity index (χ1) is 26.1. The van der Waals surface area contributed by atoms with Crippen LogP contribution in [0.3, 0.4) is 0 Å². The summed E-state index contributed by atoms with van der Waals surface area (Å²) in [6.07, 6.45) is 11.6. The highest BCUT2D eigenvalue weighted by Gasteiger charge is 2.53. The summed E-state index contributed by atoms with van der Waals surface area (Å²) in [6.45, 7) is 4.78. The molecule has 0 bridgehead atoms. The quantitative estimate of drug-likeness (QED) is 0.179. The molecule has 1 heteroatoms. The van der Waals surface area contributed by atoms with Gasteiger partial charge >= 0.3 is 0 Å². The van der Waals surface area contributed by atoms with Gasteiger partial charge in [0.25, 0.3) is 0 Å². The number of hydrogen-bond donors (Lipinski definition) is 0. The molecule has 0 saturated heterocycles. The molecule has 0 aromatic heterocycles. The van der Waals surface area contributed by atoms with Crippen molar-refractivity contribution in [1.82, 2.24) is 0 Å². The van der Waals surface area contributed by atoms with Crippen LogP contribution in [0.25, 0.3) is 33.4 Å². The first-order valence-corrected chi connectivity index (χ1v) is 19.3. The van der Waals surface area contributed by atoms with Crippen molar-refractivity contribution in [3.8, 4) is 22.3 Å². The molecule has 0 aliphatic heterocycles. The van der Waals surface area contributed by atoms with Gasteiger partial charge in [-0.2, -0.15) is 0 Å². The summed E-state index contributed by atoms with van der Waals surface area (Å²) < 4.78 is 0. The fourth-order valence-electron chi connectivity index (χ4n) is 10.6. The monoisotopic (exact) mass is 679 g/mol. The predicted molar refractivity (Wildman–Crippen MR) is 221 cm³/mol. The molecule has 0 saturated carbocycles. The number of anilines is 2. The van der Waals surface area contributed by atoms with Crippen molar-refractivity contribution in [3.05, 3.63) is 214 Å². The minimum absolute atomic E-state index is 0.0932. The van der Waals surface area contributed by atoms with Gasteiger partial charge in [0, 0.05) is 22.4 Å². The van der Waals surface area contributed by atoms with Crippen LogP contribution >= 0.6 is 0 Å². The summed E-state index contributed by atoms with van der Waals surface area (Å²) in [5, 5.41) is 0. The molecule has 0 heterocycles. The Morgan fingerprint density at radius 1 is 0.491 bits per heavy atom. The van der Waals surface area contributed by atoms with E-state index in [-0.39, 0.29) is 10.8 Å². The maximum absolute atomic E-state index is 2.61. The third-order valence-corrected chi connectivity index (χ3v) is 12.9. The van der Waals surface area contributed by atoms with Crippen LogP contribution in [0.5, 0.6) is 0 Å². The van der Waals surface area contributed by atoms with Gasteiger partial charge in [0.05, 0.1) is 11.1 Å². The second-order valence-electron chi connectivity index (χ2n) is 15.8. The number of benzene rings is 6. The van der Waals surface area contributed by atoms with Gasteiger partial charge in [-0.25, -0.2) is 0 Å². The Morgan fingerprint density at radius 2 is 1.09 bits per heavy atom. The summed E-state index contributed by atoms with van der Waals surface area (Å²) in [6, 6.07) is 54.7. The maximum Gasteiger partial charge on any atom is 0.0719 e. The zero-order valence-corrected chi connectivity index (χ0v) is 30.4. The van der Waals surface area contributed by atoms with Gasteiger partial charge in [0.1, 0.15) is 0 Å². The van der Waals surface area contributed by atoms with Crippen molar-refractivity contribution in [2.45, 2.75) is 50.4 Å². The average molecular weight is 680 g/mol. The van der Waals surface area contributed by atoms with E-state index in [1.165, 1.54) is 95.0 Å². The van der Waals surface area contributed by atoms with Gasteiger partial charge in [-0.05, 0) is 122 Å². The fourth-order valence-corrected chi connectivity index (χ4v) is 10.6. The zero-order chi connectivity index (χ0) is 35.3. The van der Waals surface area contributed by atoms with E-state index in [2.05, 4.69) is 183 Å². The van der Waals surface area contributed by atoms with Gasteiger partial charge in [0.2, 0.25) is 0 Å². The lowest BCUT2D eigenvalue weighted by Gasteiger charge is -2.37. The molecule has 11 rings (SSSR count). The Bertz CT molecular complexity index is 2630. The van der Waals surface area contributed by atoms with Crippen molar-refractivity contribution < 1.29 is 0 Å². The molecule has 5 aliphatic rings. The Hall–Kier alpha value is -5.92. The van der Waals surface area contributed by atoms with Crippen LogP contribution in [0.15, 0.2) is 181 Å². The normalized spacial score (nSPS) is 19.7. The minimum Gasteiger partial charge on any atom is -0.314 e. The first-order valence-electron chi connectivity index (χ1n) is 19.3. The topological polar surface area (TPSA) is 3.24 Å². The van der Waals surface area contributed by atoms with Crippen molar-refractivity contribution in [3.63, 3.8) is 0 Å². The Labute approximate surface area is 313 Å². The minimum atomic E-state index is -0.313. The molecule has 254 valence electrons. The average Bonchev–Trinajstić information content (AvgIpc) is 3.77. The third kappa shape index (κ3) is 4.14. The molecule has 0 N–H and O–H groups in total. The molecule has 1 spiro atoms. The Balaban J connectivity index is 1.17. The molecule has 6 aromatic carbocycles. The highest BCUT2D eigenvalue weighted by molar-refractivity contribution is 5.98. The Kier molecular flexibility index (Phi) is 6.54. The predicted octanol–water partition coefficient (Wildman–Crippen LogP) is 13.3. The molecular weight excluding hydrogens is 639 g/mol. The van der Waals surface area contributed by atoms with Crippen LogP contribution in [0, 0.1) is 0 Å². The fraction of sp³-hybridized carbons (Fsp3) is 0.154. The van der Waals surface area contributed by atoms with Crippen LogP contribution in [-0.2, 0) is 10.8 Å². The van der Waals surface area contributed by atoms with E-state index in [1.807, 2.05) is 0 Å². The zero-order valence-electron chi connectivity index (χ0n) is 30.4. The highest BCUT2D eigenvalue weighted by Crippen LogP contribution is 2.64. The lowest BCUT2D eigenvalue weighted by atomic mass is 9.67. The van der Waals surface area contributed by atoms with E-state index in [1.54, 1.807) is 0 Å². The Morgan fingerprint density at radius 3 is 1.85 bits per heavy atom. The van der Waals surface area contributed by atoms with Gasteiger partial charge in [-0.1, -0.05) is 153 Å².